The minimum atomic E-state index is -0.0456. The number of unbranched alkanes of at least 4 members (excludes halogenated alkanes) is 1. The fraction of sp³-hybridized carbons (Fsp3) is 0.316. The Labute approximate surface area is 151 Å². The van der Waals surface area contributed by atoms with Crippen LogP contribution in [0.2, 0.25) is 0 Å². The van der Waals surface area contributed by atoms with Crippen LogP contribution in [0, 0.1) is 0 Å². The van der Waals surface area contributed by atoms with Crippen LogP contribution >= 0.6 is 11.8 Å². The van der Waals surface area contributed by atoms with Crippen molar-refractivity contribution in [3.8, 4) is 11.3 Å². The van der Waals surface area contributed by atoms with Gasteiger partial charge in [-0.15, -0.1) is 11.8 Å². The van der Waals surface area contributed by atoms with Crippen LogP contribution in [0.25, 0.3) is 17.0 Å². The summed E-state index contributed by atoms with van der Waals surface area (Å²) in [5.41, 5.74) is 2.66. The molecule has 0 aliphatic heterocycles. The Bertz CT molecular complexity index is 811. The maximum Gasteiger partial charge on any atom is 0.237 e. The Balaban J connectivity index is 1.64. The van der Waals surface area contributed by atoms with E-state index in [1.54, 1.807) is 18.0 Å². The highest BCUT2D eigenvalue weighted by Gasteiger charge is 2.13. The van der Waals surface area contributed by atoms with Gasteiger partial charge in [-0.3, -0.25) is 9.20 Å². The first kappa shape index (κ1) is 17.5. The van der Waals surface area contributed by atoms with Gasteiger partial charge in [0.15, 0.2) is 0 Å². The second-order valence-electron chi connectivity index (χ2n) is 5.89. The van der Waals surface area contributed by atoms with E-state index in [0.717, 1.165) is 35.5 Å². The number of nitrogens with zero attached hydrogens (tertiary/aromatic N) is 3. The van der Waals surface area contributed by atoms with Gasteiger partial charge in [0.2, 0.25) is 11.7 Å². The highest BCUT2D eigenvalue weighted by molar-refractivity contribution is 8.00. The van der Waals surface area contributed by atoms with E-state index in [1.807, 2.05) is 54.0 Å². The topological polar surface area (TPSA) is 59.3 Å². The van der Waals surface area contributed by atoms with Crippen LogP contribution in [0.4, 0.5) is 5.69 Å². The fourth-order valence-electron chi connectivity index (χ4n) is 2.42. The van der Waals surface area contributed by atoms with Crippen molar-refractivity contribution >= 4 is 29.1 Å². The zero-order chi connectivity index (χ0) is 17.6. The fourth-order valence-corrected chi connectivity index (χ4v) is 3.44. The number of benzene rings is 1. The average molecular weight is 354 g/mol. The molecule has 1 N–H and O–H groups in total. The Morgan fingerprint density at radius 3 is 2.84 bits per heavy atom. The maximum atomic E-state index is 12.2. The van der Waals surface area contributed by atoms with Crippen molar-refractivity contribution < 1.29 is 4.79 Å². The number of carbonyl (C=O) groups is 1. The van der Waals surface area contributed by atoms with Crippen LogP contribution in [0.3, 0.4) is 0 Å². The number of rotatable bonds is 7. The summed E-state index contributed by atoms with van der Waals surface area (Å²) >= 11 is 1.70. The number of amides is 1. The lowest BCUT2D eigenvalue weighted by atomic mass is 10.1. The van der Waals surface area contributed by atoms with E-state index in [-0.39, 0.29) is 11.2 Å². The lowest BCUT2D eigenvalue weighted by Gasteiger charge is -2.12. The van der Waals surface area contributed by atoms with Crippen molar-refractivity contribution in [3.63, 3.8) is 0 Å². The summed E-state index contributed by atoms with van der Waals surface area (Å²) in [6.07, 6.45) is 7.89. The van der Waals surface area contributed by atoms with Crippen LogP contribution in [0.15, 0.2) is 48.9 Å². The summed E-state index contributed by atoms with van der Waals surface area (Å²) in [6.45, 7) is 4.11. The standard InChI is InChI=1S/C19H22N4OS/c1-3-4-12-25-14(2)18(24)21-16-8-6-15(7-9-16)17-13-23-11-5-10-20-19(23)22-17/h5-11,13-14H,3-4,12H2,1-2H3,(H,21,24). The van der Waals surface area contributed by atoms with Crippen LogP contribution < -0.4 is 5.32 Å². The molecule has 0 radical (unpaired) electrons. The molecule has 1 unspecified atom stereocenters. The third-order valence-corrected chi connectivity index (χ3v) is 5.16. The Kier molecular flexibility index (Phi) is 5.71. The Hall–Kier alpha value is -2.34. The van der Waals surface area contributed by atoms with E-state index in [9.17, 15) is 4.79 Å². The normalized spacial score (nSPS) is 12.2. The van der Waals surface area contributed by atoms with Crippen LogP contribution in [0.5, 0.6) is 0 Å². The number of fused-ring (bicyclic) bond motifs is 1. The summed E-state index contributed by atoms with van der Waals surface area (Å²) in [6, 6.07) is 9.62. The Morgan fingerprint density at radius 1 is 1.32 bits per heavy atom. The van der Waals surface area contributed by atoms with Crippen molar-refractivity contribution in [2.24, 2.45) is 0 Å². The number of nitrogens with one attached hydrogen (secondary N) is 1. The van der Waals surface area contributed by atoms with Crippen molar-refractivity contribution in [1.29, 1.82) is 0 Å². The number of hydrogen-bond donors (Lipinski definition) is 1. The van der Waals surface area contributed by atoms with Gasteiger partial charge in [-0.05, 0) is 37.3 Å². The van der Waals surface area contributed by atoms with Gasteiger partial charge >= 0.3 is 0 Å². The summed E-state index contributed by atoms with van der Waals surface area (Å²) in [5, 5.41) is 2.93. The summed E-state index contributed by atoms with van der Waals surface area (Å²) in [7, 11) is 0. The van der Waals surface area contributed by atoms with E-state index < -0.39 is 0 Å². The molecule has 1 aromatic carbocycles. The van der Waals surface area contributed by atoms with Crippen molar-refractivity contribution in [3.05, 3.63) is 48.9 Å². The van der Waals surface area contributed by atoms with Crippen molar-refractivity contribution in [2.75, 3.05) is 11.1 Å². The second-order valence-corrected chi connectivity index (χ2v) is 7.33. The number of carbonyl (C=O) groups excluding carboxylic acids is 1. The number of thioether (sulfide) groups is 1. The predicted molar refractivity (Wildman–Crippen MR) is 104 cm³/mol. The molecule has 6 heteroatoms. The first-order valence-corrected chi connectivity index (χ1v) is 9.55. The molecule has 0 aliphatic rings. The predicted octanol–water partition coefficient (Wildman–Crippen LogP) is 4.26. The van der Waals surface area contributed by atoms with Gasteiger partial charge in [0.05, 0.1) is 10.9 Å². The van der Waals surface area contributed by atoms with Gasteiger partial charge in [-0.2, -0.15) is 0 Å². The molecule has 0 saturated carbocycles. The SMILES string of the molecule is CCCCSC(C)C(=O)Nc1ccc(-c2cn3cccnc3n2)cc1. The Morgan fingerprint density at radius 2 is 2.12 bits per heavy atom. The lowest BCUT2D eigenvalue weighted by Crippen LogP contribution is -2.22. The monoisotopic (exact) mass is 354 g/mol. The highest BCUT2D eigenvalue weighted by Crippen LogP contribution is 2.21. The summed E-state index contributed by atoms with van der Waals surface area (Å²) in [5.74, 6) is 1.74. The minimum absolute atomic E-state index is 0.0456. The molecule has 0 spiro atoms. The molecular weight excluding hydrogens is 332 g/mol. The van der Waals surface area contributed by atoms with Crippen LogP contribution in [-0.4, -0.2) is 31.3 Å². The molecule has 0 saturated heterocycles. The van der Waals surface area contributed by atoms with Crippen LogP contribution in [0.1, 0.15) is 26.7 Å². The molecule has 5 nitrogen and oxygen atoms in total. The highest BCUT2D eigenvalue weighted by atomic mass is 32.2. The number of hydrogen-bond acceptors (Lipinski definition) is 4. The molecule has 0 aliphatic carbocycles. The van der Waals surface area contributed by atoms with Gasteiger partial charge in [-0.1, -0.05) is 25.5 Å². The van der Waals surface area contributed by atoms with Gasteiger partial charge in [0, 0.05) is 29.8 Å². The van der Waals surface area contributed by atoms with E-state index >= 15 is 0 Å². The number of aromatic nitrogens is 3. The van der Waals surface area contributed by atoms with Gasteiger partial charge in [0.1, 0.15) is 0 Å². The smallest absolute Gasteiger partial charge is 0.237 e. The zero-order valence-electron chi connectivity index (χ0n) is 14.5. The second kappa shape index (κ2) is 8.16. The van der Waals surface area contributed by atoms with Gasteiger partial charge in [0.25, 0.3) is 0 Å². The average Bonchev–Trinajstić information content (AvgIpc) is 3.06. The quantitative estimate of drug-likeness (QED) is 0.644. The molecule has 2 aromatic heterocycles. The lowest BCUT2D eigenvalue weighted by molar-refractivity contribution is -0.115. The van der Waals surface area contributed by atoms with Crippen molar-refractivity contribution in [1.82, 2.24) is 14.4 Å². The molecule has 2 heterocycles. The summed E-state index contributed by atoms with van der Waals surface area (Å²) < 4.78 is 1.89. The molecule has 3 aromatic rings. The molecule has 0 bridgehead atoms. The number of anilines is 1. The third kappa shape index (κ3) is 4.39. The van der Waals surface area contributed by atoms with Gasteiger partial charge in [-0.25, -0.2) is 9.97 Å². The first-order valence-electron chi connectivity index (χ1n) is 8.50. The summed E-state index contributed by atoms with van der Waals surface area (Å²) in [4.78, 5) is 21.0. The van der Waals surface area contributed by atoms with E-state index in [0.29, 0.717) is 5.78 Å². The minimum Gasteiger partial charge on any atom is -0.325 e. The number of imidazole rings is 1. The molecular formula is C19H22N4OS. The van der Waals surface area contributed by atoms with Gasteiger partial charge < -0.3 is 5.32 Å². The van der Waals surface area contributed by atoms with E-state index in [2.05, 4.69) is 22.2 Å². The van der Waals surface area contributed by atoms with Crippen molar-refractivity contribution in [2.45, 2.75) is 31.9 Å². The third-order valence-electron chi connectivity index (χ3n) is 3.92. The molecule has 130 valence electrons. The molecule has 1 atom stereocenters. The first-order chi connectivity index (χ1) is 12.2. The van der Waals surface area contributed by atoms with E-state index in [1.165, 1.54) is 0 Å². The zero-order valence-corrected chi connectivity index (χ0v) is 15.3. The molecule has 3 rings (SSSR count). The molecule has 1 amide bonds. The maximum absolute atomic E-state index is 12.2. The molecule has 0 fully saturated rings. The van der Waals surface area contributed by atoms with E-state index in [4.69, 9.17) is 0 Å². The largest absolute Gasteiger partial charge is 0.325 e. The molecule has 25 heavy (non-hydrogen) atoms. The van der Waals surface area contributed by atoms with Crippen LogP contribution in [-0.2, 0) is 4.79 Å².